The maximum absolute atomic E-state index is 12.2. The highest BCUT2D eigenvalue weighted by Crippen LogP contribution is 2.29. The first kappa shape index (κ1) is 18.2. The molecule has 0 unspecified atom stereocenters. The van der Waals surface area contributed by atoms with Crippen molar-refractivity contribution >= 4 is 17.7 Å². The van der Waals surface area contributed by atoms with Gasteiger partial charge in [-0.15, -0.1) is 0 Å². The molecule has 0 fully saturated rings. The molecule has 0 atom stereocenters. The summed E-state index contributed by atoms with van der Waals surface area (Å²) in [5, 5.41) is 2.77. The van der Waals surface area contributed by atoms with Crippen LogP contribution in [0.15, 0.2) is 42.5 Å². The van der Waals surface area contributed by atoms with Crippen LogP contribution in [0.25, 0.3) is 6.08 Å². The summed E-state index contributed by atoms with van der Waals surface area (Å²) in [6, 6.07) is 10.5. The summed E-state index contributed by atoms with van der Waals surface area (Å²) in [5.74, 6) is 2.17. The maximum Gasteiger partial charge on any atom is 0.248 e. The minimum absolute atomic E-state index is 0.298. The van der Waals surface area contributed by atoms with Gasteiger partial charge in [0.05, 0.1) is 34.1 Å². The molecule has 2 rings (SSSR count). The highest BCUT2D eigenvalue weighted by molar-refractivity contribution is 6.03. The molecule has 1 N–H and O–H groups in total. The van der Waals surface area contributed by atoms with Crippen LogP contribution in [-0.4, -0.2) is 34.3 Å². The third kappa shape index (κ3) is 4.91. The van der Waals surface area contributed by atoms with Crippen molar-refractivity contribution in [1.29, 1.82) is 0 Å². The van der Waals surface area contributed by atoms with E-state index in [0.29, 0.717) is 28.7 Å². The zero-order chi connectivity index (χ0) is 18.2. The fourth-order valence-corrected chi connectivity index (χ4v) is 2.18. The van der Waals surface area contributed by atoms with Gasteiger partial charge in [0.2, 0.25) is 5.91 Å². The molecule has 0 radical (unpaired) electrons. The van der Waals surface area contributed by atoms with Crippen molar-refractivity contribution in [2.45, 2.75) is 0 Å². The normalized spacial score (nSPS) is 10.4. The van der Waals surface area contributed by atoms with E-state index >= 15 is 0 Å². The molecule has 6 nitrogen and oxygen atoms in total. The number of carbonyl (C=O) groups excluding carboxylic acids is 1. The lowest BCUT2D eigenvalue weighted by atomic mass is 10.2. The van der Waals surface area contributed by atoms with Gasteiger partial charge in [-0.2, -0.15) is 0 Å². The number of rotatable bonds is 7. The largest absolute Gasteiger partial charge is 0.497 e. The summed E-state index contributed by atoms with van der Waals surface area (Å²) in [7, 11) is 6.24. The molecule has 132 valence electrons. The topological polar surface area (TPSA) is 66.0 Å². The molecule has 0 aliphatic rings. The van der Waals surface area contributed by atoms with E-state index in [1.807, 2.05) is 0 Å². The van der Waals surface area contributed by atoms with E-state index in [1.54, 1.807) is 63.8 Å². The third-order valence-corrected chi connectivity index (χ3v) is 3.47. The van der Waals surface area contributed by atoms with Crippen LogP contribution < -0.4 is 24.3 Å². The molecule has 0 spiro atoms. The number of hydrogen-bond acceptors (Lipinski definition) is 5. The van der Waals surface area contributed by atoms with Gasteiger partial charge in [-0.3, -0.25) is 4.79 Å². The van der Waals surface area contributed by atoms with Gasteiger partial charge in [-0.25, -0.2) is 0 Å². The number of benzene rings is 2. The van der Waals surface area contributed by atoms with Crippen LogP contribution in [0.3, 0.4) is 0 Å². The molecule has 2 aromatic rings. The minimum Gasteiger partial charge on any atom is -0.497 e. The second kappa shape index (κ2) is 8.63. The maximum atomic E-state index is 12.2. The molecule has 0 saturated heterocycles. The van der Waals surface area contributed by atoms with Crippen LogP contribution in [0, 0.1) is 0 Å². The van der Waals surface area contributed by atoms with Crippen LogP contribution in [0.4, 0.5) is 5.69 Å². The molecular formula is C19H21NO5. The average Bonchev–Trinajstić information content (AvgIpc) is 2.65. The lowest BCUT2D eigenvalue weighted by molar-refractivity contribution is -0.111. The molecule has 0 heterocycles. The van der Waals surface area contributed by atoms with Gasteiger partial charge >= 0.3 is 0 Å². The number of ether oxygens (including phenoxy) is 4. The highest BCUT2D eigenvalue weighted by Gasteiger charge is 2.07. The Morgan fingerprint density at radius 1 is 0.840 bits per heavy atom. The standard InChI is InChI=1S/C19H21NO5/c1-22-14-6-7-18(25-4)17(12-14)20-19(21)8-5-13-9-15(23-2)11-16(10-13)24-3/h5-12H,1-4H3,(H,20,21)/b8-5+. The van der Waals surface area contributed by atoms with Crippen molar-refractivity contribution in [2.24, 2.45) is 0 Å². The Kier molecular flexibility index (Phi) is 6.28. The Hall–Kier alpha value is -3.15. The molecule has 0 aliphatic carbocycles. The van der Waals surface area contributed by atoms with Gasteiger partial charge in [-0.05, 0) is 35.9 Å². The molecule has 6 heteroatoms. The Labute approximate surface area is 147 Å². The summed E-state index contributed by atoms with van der Waals surface area (Å²) in [6.45, 7) is 0. The molecule has 2 aromatic carbocycles. The van der Waals surface area contributed by atoms with Crippen molar-refractivity contribution in [3.05, 3.63) is 48.0 Å². The van der Waals surface area contributed by atoms with Gasteiger partial charge < -0.3 is 24.3 Å². The summed E-state index contributed by atoms with van der Waals surface area (Å²) in [5.41, 5.74) is 1.31. The Bertz CT molecular complexity index is 748. The lowest BCUT2D eigenvalue weighted by Crippen LogP contribution is -2.09. The van der Waals surface area contributed by atoms with Crippen molar-refractivity contribution in [2.75, 3.05) is 33.8 Å². The van der Waals surface area contributed by atoms with Gasteiger partial charge in [0.25, 0.3) is 0 Å². The predicted molar refractivity (Wildman–Crippen MR) is 96.8 cm³/mol. The van der Waals surface area contributed by atoms with Crippen molar-refractivity contribution in [1.82, 2.24) is 0 Å². The van der Waals surface area contributed by atoms with Crippen LogP contribution in [0.5, 0.6) is 23.0 Å². The van der Waals surface area contributed by atoms with E-state index in [4.69, 9.17) is 18.9 Å². The Balaban J connectivity index is 2.16. The SMILES string of the molecule is COc1cc(/C=C/C(=O)Nc2cc(OC)ccc2OC)cc(OC)c1. The van der Waals surface area contributed by atoms with E-state index in [9.17, 15) is 4.79 Å². The van der Waals surface area contributed by atoms with Crippen LogP contribution >= 0.6 is 0 Å². The molecule has 0 saturated carbocycles. The van der Waals surface area contributed by atoms with Gasteiger partial charge in [0.15, 0.2) is 0 Å². The lowest BCUT2D eigenvalue weighted by Gasteiger charge is -2.10. The van der Waals surface area contributed by atoms with Crippen molar-refractivity contribution in [3.63, 3.8) is 0 Å². The Morgan fingerprint density at radius 3 is 2.04 bits per heavy atom. The fraction of sp³-hybridized carbons (Fsp3) is 0.211. The average molecular weight is 343 g/mol. The van der Waals surface area contributed by atoms with Gasteiger partial charge in [0, 0.05) is 18.2 Å². The highest BCUT2D eigenvalue weighted by atomic mass is 16.5. The summed E-state index contributed by atoms with van der Waals surface area (Å²) in [4.78, 5) is 12.2. The van der Waals surface area contributed by atoms with Crippen LogP contribution in [-0.2, 0) is 4.79 Å². The minimum atomic E-state index is -0.298. The first-order valence-electron chi connectivity index (χ1n) is 7.53. The Morgan fingerprint density at radius 2 is 1.48 bits per heavy atom. The summed E-state index contributed by atoms with van der Waals surface area (Å²) < 4.78 is 20.8. The molecule has 25 heavy (non-hydrogen) atoms. The number of carbonyl (C=O) groups is 1. The smallest absolute Gasteiger partial charge is 0.248 e. The summed E-state index contributed by atoms with van der Waals surface area (Å²) in [6.07, 6.45) is 3.10. The van der Waals surface area contributed by atoms with E-state index in [0.717, 1.165) is 5.56 Å². The monoisotopic (exact) mass is 343 g/mol. The number of hydrogen-bond donors (Lipinski definition) is 1. The van der Waals surface area contributed by atoms with Gasteiger partial charge in [-0.1, -0.05) is 0 Å². The number of nitrogens with one attached hydrogen (secondary N) is 1. The van der Waals surface area contributed by atoms with E-state index in [-0.39, 0.29) is 5.91 Å². The van der Waals surface area contributed by atoms with Crippen LogP contribution in [0.1, 0.15) is 5.56 Å². The van der Waals surface area contributed by atoms with Gasteiger partial charge in [0.1, 0.15) is 23.0 Å². The third-order valence-electron chi connectivity index (χ3n) is 3.47. The van der Waals surface area contributed by atoms with Crippen LogP contribution in [0.2, 0.25) is 0 Å². The molecule has 1 amide bonds. The number of amides is 1. The molecular weight excluding hydrogens is 322 g/mol. The zero-order valence-electron chi connectivity index (χ0n) is 14.7. The fourth-order valence-electron chi connectivity index (χ4n) is 2.18. The predicted octanol–water partition coefficient (Wildman–Crippen LogP) is 3.37. The second-order valence-corrected chi connectivity index (χ2v) is 5.03. The number of anilines is 1. The molecule has 0 aliphatic heterocycles. The van der Waals surface area contributed by atoms with Crippen molar-refractivity contribution in [3.8, 4) is 23.0 Å². The van der Waals surface area contributed by atoms with E-state index in [1.165, 1.54) is 13.2 Å². The quantitative estimate of drug-likeness (QED) is 0.781. The molecule has 0 aromatic heterocycles. The first-order chi connectivity index (χ1) is 12.1. The van der Waals surface area contributed by atoms with Crippen molar-refractivity contribution < 1.29 is 23.7 Å². The number of methoxy groups -OCH3 is 4. The second-order valence-electron chi connectivity index (χ2n) is 5.03. The molecule has 0 bridgehead atoms. The first-order valence-corrected chi connectivity index (χ1v) is 7.53. The summed E-state index contributed by atoms with van der Waals surface area (Å²) >= 11 is 0. The zero-order valence-corrected chi connectivity index (χ0v) is 14.7. The van der Waals surface area contributed by atoms with E-state index in [2.05, 4.69) is 5.32 Å². The van der Waals surface area contributed by atoms with E-state index < -0.39 is 0 Å².